The van der Waals surface area contributed by atoms with Gasteiger partial charge >= 0.3 is 5.63 Å². The van der Waals surface area contributed by atoms with E-state index >= 15 is 0 Å². The summed E-state index contributed by atoms with van der Waals surface area (Å²) < 4.78 is 12.9. The average molecular weight is 464 g/mol. The first-order valence-corrected chi connectivity index (χ1v) is 9.60. The van der Waals surface area contributed by atoms with E-state index in [2.05, 4.69) is 22.6 Å². The Hall–Kier alpha value is -2.86. The van der Waals surface area contributed by atoms with Gasteiger partial charge in [0.2, 0.25) is 0 Å². The van der Waals surface area contributed by atoms with Crippen LogP contribution in [0.2, 0.25) is 0 Å². The van der Waals surface area contributed by atoms with Crippen LogP contribution >= 0.6 is 22.6 Å². The van der Waals surface area contributed by atoms with E-state index in [9.17, 15) is 4.79 Å². The zero-order valence-corrected chi connectivity index (χ0v) is 16.3. The Balaban J connectivity index is 1.93. The fourth-order valence-corrected chi connectivity index (χ4v) is 4.24. The number of benzene rings is 3. The van der Waals surface area contributed by atoms with Gasteiger partial charge in [0.15, 0.2) is 5.76 Å². The van der Waals surface area contributed by atoms with Crippen molar-refractivity contribution in [2.24, 2.45) is 0 Å². The quantitative estimate of drug-likeness (QED) is 0.281. The summed E-state index contributed by atoms with van der Waals surface area (Å²) in [5, 5.41) is 2.39. The summed E-state index contributed by atoms with van der Waals surface area (Å²) in [4.78, 5) is 12.6. The predicted molar refractivity (Wildman–Crippen MR) is 116 cm³/mol. The first-order chi connectivity index (χ1) is 13.2. The summed E-state index contributed by atoms with van der Waals surface area (Å²) >= 11 is 2.25. The van der Waals surface area contributed by atoms with Gasteiger partial charge in [0.25, 0.3) is 0 Å². The molecule has 0 aliphatic carbocycles. The molecule has 3 aromatic carbocycles. The number of halogens is 1. The highest BCUT2D eigenvalue weighted by Crippen LogP contribution is 2.43. The third-order valence-corrected chi connectivity index (χ3v) is 5.71. The van der Waals surface area contributed by atoms with Crippen molar-refractivity contribution in [2.45, 2.75) is 0 Å². The van der Waals surface area contributed by atoms with Crippen LogP contribution in [0.3, 0.4) is 0 Å². The zero-order valence-electron chi connectivity index (χ0n) is 14.1. The maximum Gasteiger partial charge on any atom is 0.344 e. The molecule has 0 unspecified atom stereocenters. The van der Waals surface area contributed by atoms with Gasteiger partial charge in [-0.15, -0.1) is 0 Å². The molecule has 0 spiro atoms. The van der Waals surface area contributed by atoms with Crippen LogP contribution in [0.5, 0.6) is 0 Å². The molecule has 5 aromatic rings. The lowest BCUT2D eigenvalue weighted by atomic mass is 10.0. The van der Waals surface area contributed by atoms with Crippen molar-refractivity contribution >= 4 is 44.3 Å². The maximum absolute atomic E-state index is 12.6. The summed E-state index contributed by atoms with van der Waals surface area (Å²) in [6.45, 7) is 0. The van der Waals surface area contributed by atoms with Gasteiger partial charge in [-0.3, -0.25) is 0 Å². The minimum absolute atomic E-state index is 0.342. The van der Waals surface area contributed by atoms with Crippen molar-refractivity contribution in [1.29, 1.82) is 0 Å². The van der Waals surface area contributed by atoms with Crippen molar-refractivity contribution in [3.63, 3.8) is 0 Å². The number of hydrogen-bond donors (Lipinski definition) is 0. The fourth-order valence-electron chi connectivity index (χ4n) is 3.39. The van der Waals surface area contributed by atoms with Gasteiger partial charge in [-0.25, -0.2) is 4.79 Å². The number of hydrogen-bond acceptors (Lipinski definition) is 3. The Morgan fingerprint density at radius 1 is 0.630 bits per heavy atom. The van der Waals surface area contributed by atoms with Gasteiger partial charge in [-0.1, -0.05) is 66.7 Å². The van der Waals surface area contributed by atoms with E-state index in [0.717, 1.165) is 31.1 Å². The van der Waals surface area contributed by atoms with Crippen molar-refractivity contribution in [3.05, 3.63) is 92.9 Å². The number of rotatable bonds is 2. The minimum Gasteiger partial charge on any atom is -0.455 e. The van der Waals surface area contributed by atoms with Crippen LogP contribution < -0.4 is 5.63 Å². The van der Waals surface area contributed by atoms with Gasteiger partial charge in [-0.2, -0.15) is 0 Å². The molecule has 2 heterocycles. The van der Waals surface area contributed by atoms with Gasteiger partial charge in [0.1, 0.15) is 11.3 Å². The molecule has 2 aromatic heterocycles. The van der Waals surface area contributed by atoms with E-state index in [-0.39, 0.29) is 5.63 Å². The molecular formula is C23H13IO3. The second-order valence-electron chi connectivity index (χ2n) is 6.25. The lowest BCUT2D eigenvalue weighted by Crippen LogP contribution is -2.03. The molecule has 0 aliphatic rings. The molecule has 130 valence electrons. The van der Waals surface area contributed by atoms with Gasteiger partial charge in [-0.05, 0) is 34.7 Å². The molecule has 5 rings (SSSR count). The van der Waals surface area contributed by atoms with E-state index in [1.807, 2.05) is 72.8 Å². The highest BCUT2D eigenvalue weighted by Gasteiger charge is 2.23. The Kier molecular flexibility index (Phi) is 3.86. The third kappa shape index (κ3) is 2.59. The Morgan fingerprint density at radius 2 is 1.26 bits per heavy atom. The molecule has 0 atom stereocenters. The van der Waals surface area contributed by atoms with Crippen molar-refractivity contribution in [2.75, 3.05) is 0 Å². The summed E-state index contributed by atoms with van der Waals surface area (Å²) in [7, 11) is 0. The molecule has 0 N–H and O–H groups in total. The van der Waals surface area contributed by atoms with Crippen LogP contribution in [0, 0.1) is 3.57 Å². The van der Waals surface area contributed by atoms with Crippen molar-refractivity contribution < 1.29 is 8.83 Å². The standard InChI is InChI=1S/C23H13IO3/c24-20-15-10-4-5-11-16(15)23(25)27-22(20)19-17-12-6-7-13-18(17)26-21(19)14-8-2-1-3-9-14/h1-13H. The predicted octanol–water partition coefficient (Wildman–Crippen LogP) is 6.48. The summed E-state index contributed by atoms with van der Waals surface area (Å²) in [6, 6.07) is 25.2. The second-order valence-corrected chi connectivity index (χ2v) is 7.33. The molecule has 0 radical (unpaired) electrons. The zero-order chi connectivity index (χ0) is 18.4. The largest absolute Gasteiger partial charge is 0.455 e. The fraction of sp³-hybridized carbons (Fsp3) is 0. The molecule has 0 fully saturated rings. The topological polar surface area (TPSA) is 43.4 Å². The van der Waals surface area contributed by atoms with Crippen molar-refractivity contribution in [3.8, 4) is 22.6 Å². The number of para-hydroxylation sites is 1. The minimum atomic E-state index is -0.342. The van der Waals surface area contributed by atoms with Crippen LogP contribution in [0.1, 0.15) is 0 Å². The van der Waals surface area contributed by atoms with Gasteiger partial charge in [0, 0.05) is 16.3 Å². The normalized spacial score (nSPS) is 11.3. The summed E-state index contributed by atoms with van der Waals surface area (Å²) in [6.07, 6.45) is 0. The number of furan rings is 1. The lowest BCUT2D eigenvalue weighted by Gasteiger charge is -2.08. The molecule has 4 heteroatoms. The average Bonchev–Trinajstić information content (AvgIpc) is 3.11. The molecule has 0 bridgehead atoms. The van der Waals surface area contributed by atoms with Crippen molar-refractivity contribution in [1.82, 2.24) is 0 Å². The van der Waals surface area contributed by atoms with E-state index in [0.29, 0.717) is 16.9 Å². The Bertz CT molecular complexity index is 1350. The maximum atomic E-state index is 12.6. The first-order valence-electron chi connectivity index (χ1n) is 8.52. The van der Waals surface area contributed by atoms with Gasteiger partial charge in [0.05, 0.1) is 14.5 Å². The van der Waals surface area contributed by atoms with Crippen LogP contribution in [-0.2, 0) is 0 Å². The van der Waals surface area contributed by atoms with E-state index < -0.39 is 0 Å². The Morgan fingerprint density at radius 3 is 2.04 bits per heavy atom. The monoisotopic (exact) mass is 464 g/mol. The lowest BCUT2D eigenvalue weighted by molar-refractivity contribution is 0.531. The molecular weight excluding hydrogens is 451 g/mol. The molecule has 0 amide bonds. The SMILES string of the molecule is O=c1oc(-c2c(-c3ccccc3)oc3ccccc23)c(I)c2ccccc12. The summed E-state index contributed by atoms with van der Waals surface area (Å²) in [5.74, 6) is 1.25. The molecule has 0 saturated carbocycles. The van der Waals surface area contributed by atoms with Crippen LogP contribution in [0.25, 0.3) is 44.4 Å². The van der Waals surface area contributed by atoms with E-state index in [4.69, 9.17) is 8.83 Å². The van der Waals surface area contributed by atoms with Crippen LogP contribution in [0.4, 0.5) is 0 Å². The van der Waals surface area contributed by atoms with E-state index in [1.54, 1.807) is 6.07 Å². The van der Waals surface area contributed by atoms with Crippen LogP contribution in [0.15, 0.2) is 92.5 Å². The first kappa shape index (κ1) is 16.3. The molecule has 27 heavy (non-hydrogen) atoms. The highest BCUT2D eigenvalue weighted by atomic mass is 127. The summed E-state index contributed by atoms with van der Waals surface area (Å²) in [5.41, 5.74) is 2.17. The van der Waals surface area contributed by atoms with E-state index in [1.165, 1.54) is 0 Å². The smallest absolute Gasteiger partial charge is 0.344 e. The molecule has 0 aliphatic heterocycles. The molecule has 3 nitrogen and oxygen atoms in total. The number of fused-ring (bicyclic) bond motifs is 2. The van der Waals surface area contributed by atoms with Crippen LogP contribution in [-0.4, -0.2) is 0 Å². The van der Waals surface area contributed by atoms with Gasteiger partial charge < -0.3 is 8.83 Å². The third-order valence-electron chi connectivity index (χ3n) is 4.64. The second kappa shape index (κ2) is 6.39. The highest BCUT2D eigenvalue weighted by molar-refractivity contribution is 14.1. The molecule has 0 saturated heterocycles. The Labute approximate surface area is 168 Å².